The van der Waals surface area contributed by atoms with Crippen LogP contribution in [0.3, 0.4) is 0 Å². The first-order valence-corrected chi connectivity index (χ1v) is 14.2. The topological polar surface area (TPSA) is 82.1 Å². The molecule has 0 aliphatic heterocycles. The molecule has 0 saturated carbocycles. The van der Waals surface area contributed by atoms with Gasteiger partial charge >= 0.3 is 11.9 Å². The summed E-state index contributed by atoms with van der Waals surface area (Å²) in [6.07, 6.45) is 6.46. The number of carbonyl (C=O) groups is 2. The maximum Gasteiger partial charge on any atom is 0.336 e. The van der Waals surface area contributed by atoms with Gasteiger partial charge in [-0.3, -0.25) is 4.79 Å². The number of methoxy groups -OCH3 is 1. The van der Waals surface area contributed by atoms with Crippen LogP contribution in [-0.4, -0.2) is 50.8 Å². The van der Waals surface area contributed by atoms with Crippen LogP contribution in [0.2, 0.25) is 18.1 Å². The van der Waals surface area contributed by atoms with Crippen molar-refractivity contribution in [1.29, 1.82) is 0 Å². The van der Waals surface area contributed by atoms with E-state index in [1.807, 2.05) is 26.8 Å². The Balaban J connectivity index is 3.61. The van der Waals surface area contributed by atoms with E-state index < -0.39 is 37.9 Å². The van der Waals surface area contributed by atoms with Crippen molar-refractivity contribution < 1.29 is 28.6 Å². The van der Waals surface area contributed by atoms with Gasteiger partial charge in [0.1, 0.15) is 11.5 Å². The Labute approximate surface area is 194 Å². The fourth-order valence-corrected chi connectivity index (χ4v) is 4.73. The summed E-state index contributed by atoms with van der Waals surface area (Å²) in [4.78, 5) is 25.6. The van der Waals surface area contributed by atoms with Crippen molar-refractivity contribution in [2.75, 3.05) is 13.7 Å². The first kappa shape index (κ1) is 28.3. The summed E-state index contributed by atoms with van der Waals surface area (Å²) in [5.41, 5.74) is -0.963. The van der Waals surface area contributed by atoms with Crippen molar-refractivity contribution in [2.45, 2.75) is 84.7 Å². The van der Waals surface area contributed by atoms with E-state index in [2.05, 4.69) is 33.9 Å². The minimum Gasteiger partial charge on any atom is -0.466 e. The SMILES string of the molecule is CCOC(=O)[C@H]1C=C(C)[C@H](O[Si](C)(C)C(C)(C)C)C[C@]1(O)/C(=C\C=C\C(C)C)C(=O)OC. The first-order valence-electron chi connectivity index (χ1n) is 11.3. The van der Waals surface area contributed by atoms with Crippen LogP contribution in [0.1, 0.15) is 54.9 Å². The van der Waals surface area contributed by atoms with Crippen molar-refractivity contribution in [3.05, 3.63) is 35.5 Å². The van der Waals surface area contributed by atoms with Gasteiger partial charge in [-0.2, -0.15) is 0 Å². The predicted octanol–water partition coefficient (Wildman–Crippen LogP) is 4.95. The Morgan fingerprint density at radius 2 is 1.91 bits per heavy atom. The van der Waals surface area contributed by atoms with E-state index in [-0.39, 0.29) is 29.6 Å². The van der Waals surface area contributed by atoms with Gasteiger partial charge in [-0.05, 0) is 49.5 Å². The minimum absolute atomic E-state index is 0.0162. The van der Waals surface area contributed by atoms with Gasteiger partial charge in [-0.1, -0.05) is 52.8 Å². The lowest BCUT2D eigenvalue weighted by molar-refractivity contribution is -0.156. The molecule has 0 saturated heterocycles. The van der Waals surface area contributed by atoms with Crippen LogP contribution in [0.25, 0.3) is 0 Å². The summed E-state index contributed by atoms with van der Waals surface area (Å²) in [7, 11) is -0.927. The Morgan fingerprint density at radius 3 is 2.38 bits per heavy atom. The summed E-state index contributed by atoms with van der Waals surface area (Å²) >= 11 is 0. The first-order chi connectivity index (χ1) is 14.6. The third-order valence-corrected chi connectivity index (χ3v) is 10.8. The van der Waals surface area contributed by atoms with E-state index in [0.29, 0.717) is 0 Å². The molecule has 0 spiro atoms. The van der Waals surface area contributed by atoms with E-state index in [1.54, 1.807) is 19.1 Å². The number of hydrogen-bond acceptors (Lipinski definition) is 6. The van der Waals surface area contributed by atoms with E-state index in [9.17, 15) is 14.7 Å². The molecule has 0 amide bonds. The number of allylic oxidation sites excluding steroid dienone is 3. The van der Waals surface area contributed by atoms with Crippen LogP contribution in [0.5, 0.6) is 0 Å². The van der Waals surface area contributed by atoms with Gasteiger partial charge in [0.25, 0.3) is 0 Å². The highest BCUT2D eigenvalue weighted by molar-refractivity contribution is 6.74. The van der Waals surface area contributed by atoms with E-state index in [4.69, 9.17) is 13.9 Å². The Morgan fingerprint density at radius 1 is 1.31 bits per heavy atom. The fourth-order valence-electron chi connectivity index (χ4n) is 3.39. The van der Waals surface area contributed by atoms with E-state index in [0.717, 1.165) is 5.57 Å². The standard InChI is InChI=1S/C25H42O6Si/c1-11-30-23(27)20-15-18(4)21(31-32(9,10)24(5,6)7)16-25(20,28)19(22(26)29-8)14-12-13-17(2)3/h12-15,17,20-21,28H,11,16H2,1-10H3/b13-12+,19-14-/t20-,21-,25+/m1/s1. The molecule has 0 aromatic heterocycles. The second-order valence-electron chi connectivity index (χ2n) is 10.3. The lowest BCUT2D eigenvalue weighted by Crippen LogP contribution is -2.54. The lowest BCUT2D eigenvalue weighted by Gasteiger charge is -2.45. The fraction of sp³-hybridized carbons (Fsp3) is 0.680. The second-order valence-corrected chi connectivity index (χ2v) is 15.1. The summed E-state index contributed by atoms with van der Waals surface area (Å²) < 4.78 is 16.8. The third-order valence-electron chi connectivity index (χ3n) is 6.36. The van der Waals surface area contributed by atoms with E-state index in [1.165, 1.54) is 13.2 Å². The zero-order valence-electron chi connectivity index (χ0n) is 21.4. The molecule has 7 heteroatoms. The zero-order chi connectivity index (χ0) is 24.9. The normalized spacial score (nSPS) is 25.1. The number of esters is 2. The van der Waals surface area contributed by atoms with Gasteiger partial charge < -0.3 is 19.0 Å². The second kappa shape index (κ2) is 10.9. The van der Waals surface area contributed by atoms with Crippen LogP contribution in [0.4, 0.5) is 0 Å². The van der Waals surface area contributed by atoms with Crippen molar-refractivity contribution in [1.82, 2.24) is 0 Å². The molecule has 182 valence electrons. The average Bonchev–Trinajstić information content (AvgIpc) is 2.66. The maximum absolute atomic E-state index is 12.9. The van der Waals surface area contributed by atoms with Crippen molar-refractivity contribution in [2.24, 2.45) is 11.8 Å². The molecule has 0 heterocycles. The largest absolute Gasteiger partial charge is 0.466 e. The number of carbonyl (C=O) groups excluding carboxylic acids is 2. The quantitative estimate of drug-likeness (QED) is 0.179. The molecular weight excluding hydrogens is 424 g/mol. The molecule has 0 aromatic carbocycles. The molecule has 0 radical (unpaired) electrons. The molecule has 32 heavy (non-hydrogen) atoms. The van der Waals surface area contributed by atoms with Crippen LogP contribution in [0.15, 0.2) is 35.5 Å². The third kappa shape index (κ3) is 6.65. The monoisotopic (exact) mass is 466 g/mol. The highest BCUT2D eigenvalue weighted by Crippen LogP contribution is 2.44. The summed E-state index contributed by atoms with van der Waals surface area (Å²) in [5, 5.41) is 11.9. The molecule has 0 bridgehead atoms. The molecule has 3 atom stereocenters. The zero-order valence-corrected chi connectivity index (χ0v) is 22.4. The van der Waals surface area contributed by atoms with Crippen molar-refractivity contribution in [3.8, 4) is 0 Å². The van der Waals surface area contributed by atoms with Gasteiger partial charge in [0.15, 0.2) is 8.32 Å². The summed E-state index contributed by atoms with van der Waals surface area (Å²) in [6.45, 7) is 18.5. The van der Waals surface area contributed by atoms with Gasteiger partial charge in [0.05, 0.1) is 25.4 Å². The molecular formula is C25H42O6Si. The molecule has 1 aliphatic rings. The summed E-state index contributed by atoms with van der Waals surface area (Å²) in [5.74, 6) is -2.06. The van der Waals surface area contributed by atoms with E-state index >= 15 is 0 Å². The van der Waals surface area contributed by atoms with Crippen LogP contribution < -0.4 is 0 Å². The predicted molar refractivity (Wildman–Crippen MR) is 130 cm³/mol. The van der Waals surface area contributed by atoms with Crippen LogP contribution >= 0.6 is 0 Å². The highest BCUT2D eigenvalue weighted by atomic mass is 28.4. The lowest BCUT2D eigenvalue weighted by atomic mass is 9.71. The number of aliphatic hydroxyl groups is 1. The Hall–Kier alpha value is -1.70. The molecule has 1 aliphatic carbocycles. The van der Waals surface area contributed by atoms with Crippen LogP contribution in [-0.2, 0) is 23.5 Å². The van der Waals surface area contributed by atoms with Crippen molar-refractivity contribution >= 4 is 20.3 Å². The average molecular weight is 467 g/mol. The number of hydrogen-bond donors (Lipinski definition) is 1. The minimum atomic E-state index is -2.19. The van der Waals surface area contributed by atoms with Gasteiger partial charge in [0.2, 0.25) is 0 Å². The van der Waals surface area contributed by atoms with Gasteiger partial charge in [-0.15, -0.1) is 0 Å². The number of ether oxygens (including phenoxy) is 2. The molecule has 0 unspecified atom stereocenters. The molecule has 0 aromatic rings. The molecule has 0 fully saturated rings. The Bertz CT molecular complexity index is 772. The number of rotatable bonds is 8. The molecule has 6 nitrogen and oxygen atoms in total. The maximum atomic E-state index is 12.9. The Kier molecular flexibility index (Phi) is 9.69. The summed E-state index contributed by atoms with van der Waals surface area (Å²) in [6, 6.07) is 0. The van der Waals surface area contributed by atoms with Crippen molar-refractivity contribution in [3.63, 3.8) is 0 Å². The van der Waals surface area contributed by atoms with Gasteiger partial charge in [-0.25, -0.2) is 4.79 Å². The van der Waals surface area contributed by atoms with Crippen LogP contribution in [0, 0.1) is 11.8 Å². The molecule has 1 rings (SSSR count). The smallest absolute Gasteiger partial charge is 0.336 e. The van der Waals surface area contributed by atoms with Gasteiger partial charge in [0, 0.05) is 6.42 Å². The molecule has 1 N–H and O–H groups in total. The highest BCUT2D eigenvalue weighted by Gasteiger charge is 2.52.